The number of anilines is 1. The molecule has 1 aliphatic carbocycles. The Morgan fingerprint density at radius 1 is 1.38 bits per heavy atom. The van der Waals surface area contributed by atoms with Crippen LogP contribution in [0, 0.1) is 11.7 Å². The van der Waals surface area contributed by atoms with Gasteiger partial charge in [-0.1, -0.05) is 6.42 Å². The fourth-order valence-electron chi connectivity index (χ4n) is 2.10. The van der Waals surface area contributed by atoms with Gasteiger partial charge < -0.3 is 4.90 Å². The maximum atomic E-state index is 13.3. The van der Waals surface area contributed by atoms with E-state index < -0.39 is 0 Å². The van der Waals surface area contributed by atoms with Crippen LogP contribution < -0.4 is 4.90 Å². The van der Waals surface area contributed by atoms with E-state index in [0.717, 1.165) is 23.7 Å². The summed E-state index contributed by atoms with van der Waals surface area (Å²) in [5.41, 5.74) is 1.78. The normalized spacial score (nSPS) is 15.9. The number of hydrogen-bond acceptors (Lipinski definition) is 1. The molecule has 1 saturated carbocycles. The molecule has 0 aliphatic heterocycles. The first-order valence-corrected chi connectivity index (χ1v) is 6.29. The number of alkyl halides is 1. The SMILES string of the molecule is CN(CC1CCC1)c1cc(F)cc(CCl)c1. The quantitative estimate of drug-likeness (QED) is 0.725. The molecule has 1 aromatic rings. The fraction of sp³-hybridized carbons (Fsp3) is 0.538. The van der Waals surface area contributed by atoms with Gasteiger partial charge in [-0.2, -0.15) is 0 Å². The second kappa shape index (κ2) is 5.05. The van der Waals surface area contributed by atoms with Crippen LogP contribution >= 0.6 is 11.6 Å². The zero-order valence-electron chi connectivity index (χ0n) is 9.55. The van der Waals surface area contributed by atoms with Crippen LogP contribution in [0.2, 0.25) is 0 Å². The topological polar surface area (TPSA) is 3.24 Å². The van der Waals surface area contributed by atoms with Gasteiger partial charge in [0.15, 0.2) is 0 Å². The minimum atomic E-state index is -0.200. The average Bonchev–Trinajstić information content (AvgIpc) is 2.22. The number of nitrogens with zero attached hydrogens (tertiary/aromatic N) is 1. The second-order valence-electron chi connectivity index (χ2n) is 4.63. The van der Waals surface area contributed by atoms with Crippen molar-refractivity contribution in [3.63, 3.8) is 0 Å². The largest absolute Gasteiger partial charge is 0.374 e. The van der Waals surface area contributed by atoms with Gasteiger partial charge in [0, 0.05) is 25.2 Å². The van der Waals surface area contributed by atoms with Crippen molar-refractivity contribution in [3.05, 3.63) is 29.6 Å². The molecule has 1 nitrogen and oxygen atoms in total. The number of hydrogen-bond donors (Lipinski definition) is 0. The number of halogens is 2. The zero-order valence-corrected chi connectivity index (χ0v) is 10.3. The van der Waals surface area contributed by atoms with Crippen LogP contribution in [0.15, 0.2) is 18.2 Å². The van der Waals surface area contributed by atoms with Crippen molar-refractivity contribution in [1.82, 2.24) is 0 Å². The maximum absolute atomic E-state index is 13.3. The van der Waals surface area contributed by atoms with Crippen LogP contribution in [-0.4, -0.2) is 13.6 Å². The maximum Gasteiger partial charge on any atom is 0.125 e. The van der Waals surface area contributed by atoms with E-state index in [1.807, 2.05) is 13.1 Å². The molecule has 3 heteroatoms. The molecule has 0 amide bonds. The van der Waals surface area contributed by atoms with E-state index in [2.05, 4.69) is 4.90 Å². The third-order valence-electron chi connectivity index (χ3n) is 3.29. The van der Waals surface area contributed by atoms with Crippen molar-refractivity contribution in [2.75, 3.05) is 18.5 Å². The van der Waals surface area contributed by atoms with Crippen molar-refractivity contribution in [1.29, 1.82) is 0 Å². The highest BCUT2D eigenvalue weighted by Gasteiger charge is 2.19. The zero-order chi connectivity index (χ0) is 11.5. The van der Waals surface area contributed by atoms with Crippen molar-refractivity contribution in [2.45, 2.75) is 25.1 Å². The molecule has 0 atom stereocenters. The first kappa shape index (κ1) is 11.7. The van der Waals surface area contributed by atoms with Gasteiger partial charge in [0.05, 0.1) is 0 Å². The monoisotopic (exact) mass is 241 g/mol. The van der Waals surface area contributed by atoms with Crippen LogP contribution in [0.3, 0.4) is 0 Å². The molecule has 0 bridgehead atoms. The lowest BCUT2D eigenvalue weighted by atomic mass is 9.85. The van der Waals surface area contributed by atoms with Gasteiger partial charge in [-0.05, 0) is 42.5 Å². The van der Waals surface area contributed by atoms with Crippen LogP contribution in [0.25, 0.3) is 0 Å². The Kier molecular flexibility index (Phi) is 3.70. The molecule has 0 heterocycles. The van der Waals surface area contributed by atoms with E-state index in [0.29, 0.717) is 5.88 Å². The summed E-state index contributed by atoms with van der Waals surface area (Å²) in [4.78, 5) is 2.13. The highest BCUT2D eigenvalue weighted by Crippen LogP contribution is 2.29. The summed E-state index contributed by atoms with van der Waals surface area (Å²) in [6, 6.07) is 5.04. The van der Waals surface area contributed by atoms with Gasteiger partial charge in [-0.15, -0.1) is 11.6 Å². The molecule has 0 N–H and O–H groups in total. The molecule has 1 aromatic carbocycles. The summed E-state index contributed by atoms with van der Waals surface area (Å²) in [5, 5.41) is 0. The predicted octanol–water partition coefficient (Wildman–Crippen LogP) is 3.80. The third-order valence-corrected chi connectivity index (χ3v) is 3.60. The summed E-state index contributed by atoms with van der Waals surface area (Å²) >= 11 is 5.73. The molecule has 1 aliphatic rings. The summed E-state index contributed by atoms with van der Waals surface area (Å²) < 4.78 is 13.3. The summed E-state index contributed by atoms with van der Waals surface area (Å²) in [6.45, 7) is 1.02. The molecule has 0 aromatic heterocycles. The lowest BCUT2D eigenvalue weighted by molar-refractivity contribution is 0.321. The standard InChI is InChI=1S/C13H17ClFN/c1-16(9-10-3-2-4-10)13-6-11(8-14)5-12(15)7-13/h5-7,10H,2-4,8-9H2,1H3. The Morgan fingerprint density at radius 3 is 2.69 bits per heavy atom. The number of benzene rings is 1. The molecule has 0 unspecified atom stereocenters. The smallest absolute Gasteiger partial charge is 0.125 e. The van der Waals surface area contributed by atoms with Gasteiger partial charge in [0.25, 0.3) is 0 Å². The molecule has 16 heavy (non-hydrogen) atoms. The second-order valence-corrected chi connectivity index (χ2v) is 4.90. The minimum absolute atomic E-state index is 0.200. The highest BCUT2D eigenvalue weighted by atomic mass is 35.5. The molecular weight excluding hydrogens is 225 g/mol. The van der Waals surface area contributed by atoms with Crippen molar-refractivity contribution < 1.29 is 4.39 Å². The lowest BCUT2D eigenvalue weighted by Crippen LogP contribution is -2.29. The van der Waals surface area contributed by atoms with Gasteiger partial charge in [-0.3, -0.25) is 0 Å². The predicted molar refractivity (Wildman–Crippen MR) is 66.6 cm³/mol. The fourth-order valence-corrected chi connectivity index (χ4v) is 2.25. The van der Waals surface area contributed by atoms with E-state index in [1.165, 1.54) is 25.3 Å². The van der Waals surface area contributed by atoms with E-state index in [1.54, 1.807) is 6.07 Å². The minimum Gasteiger partial charge on any atom is -0.374 e. The Bertz CT molecular complexity index is 363. The molecule has 0 spiro atoms. The van der Waals surface area contributed by atoms with Crippen molar-refractivity contribution >= 4 is 17.3 Å². The lowest BCUT2D eigenvalue weighted by Gasteiger charge is -2.31. The third kappa shape index (κ3) is 2.67. The Balaban J connectivity index is 2.08. The van der Waals surface area contributed by atoms with E-state index >= 15 is 0 Å². The average molecular weight is 242 g/mol. The molecule has 1 fully saturated rings. The Hall–Kier alpha value is -0.760. The molecule has 0 saturated heterocycles. The first-order chi connectivity index (χ1) is 7.69. The molecular formula is C13H17ClFN. The van der Waals surface area contributed by atoms with Gasteiger partial charge in [0.2, 0.25) is 0 Å². The van der Waals surface area contributed by atoms with Crippen molar-refractivity contribution in [2.24, 2.45) is 5.92 Å². The van der Waals surface area contributed by atoms with Crippen LogP contribution in [0.1, 0.15) is 24.8 Å². The van der Waals surface area contributed by atoms with E-state index in [-0.39, 0.29) is 5.82 Å². The highest BCUT2D eigenvalue weighted by molar-refractivity contribution is 6.17. The molecule has 88 valence electrons. The van der Waals surface area contributed by atoms with Gasteiger partial charge in [0.1, 0.15) is 5.82 Å². The summed E-state index contributed by atoms with van der Waals surface area (Å²) in [5.74, 6) is 0.948. The molecule has 2 rings (SSSR count). The Morgan fingerprint density at radius 2 is 2.12 bits per heavy atom. The van der Waals surface area contributed by atoms with Crippen LogP contribution in [0.5, 0.6) is 0 Å². The first-order valence-electron chi connectivity index (χ1n) is 5.75. The van der Waals surface area contributed by atoms with Gasteiger partial charge >= 0.3 is 0 Å². The van der Waals surface area contributed by atoms with Crippen LogP contribution in [0.4, 0.5) is 10.1 Å². The van der Waals surface area contributed by atoms with Crippen LogP contribution in [-0.2, 0) is 5.88 Å². The number of rotatable bonds is 4. The van der Waals surface area contributed by atoms with Gasteiger partial charge in [-0.25, -0.2) is 4.39 Å². The Labute approximate surface area is 101 Å². The molecule has 0 radical (unpaired) electrons. The summed E-state index contributed by atoms with van der Waals surface area (Å²) in [6.07, 6.45) is 3.96. The van der Waals surface area contributed by atoms with E-state index in [4.69, 9.17) is 11.6 Å². The summed E-state index contributed by atoms with van der Waals surface area (Å²) in [7, 11) is 2.02. The van der Waals surface area contributed by atoms with E-state index in [9.17, 15) is 4.39 Å². The van der Waals surface area contributed by atoms with Crippen molar-refractivity contribution in [3.8, 4) is 0 Å².